The molecule has 0 heterocycles. The van der Waals surface area contributed by atoms with E-state index >= 15 is 0 Å². The maximum absolute atomic E-state index is 5.75. The monoisotopic (exact) mass is 209 g/mol. The van der Waals surface area contributed by atoms with Crippen LogP contribution in [0.5, 0.6) is 5.75 Å². The largest absolute Gasteiger partial charge is 0.491 e. The SMILES string of the molecule is COC(C)(C)CCOc1ccccc1N. The standard InChI is InChI=1S/C12H19NO2/c1-12(2,14-3)8-9-15-11-7-5-4-6-10(11)13/h4-7H,8-9,13H2,1-3H3. The van der Waals surface area contributed by atoms with Gasteiger partial charge in [0.2, 0.25) is 0 Å². The van der Waals surface area contributed by atoms with Crippen LogP contribution in [0.3, 0.4) is 0 Å². The Bertz CT molecular complexity index is 310. The van der Waals surface area contributed by atoms with Crippen LogP contribution < -0.4 is 10.5 Å². The molecule has 1 aromatic carbocycles. The van der Waals surface area contributed by atoms with Gasteiger partial charge in [-0.3, -0.25) is 0 Å². The van der Waals surface area contributed by atoms with Crippen molar-refractivity contribution in [1.82, 2.24) is 0 Å². The zero-order valence-corrected chi connectivity index (χ0v) is 9.62. The fourth-order valence-corrected chi connectivity index (χ4v) is 1.12. The van der Waals surface area contributed by atoms with E-state index in [9.17, 15) is 0 Å². The predicted molar refractivity (Wildman–Crippen MR) is 62.1 cm³/mol. The fraction of sp³-hybridized carbons (Fsp3) is 0.500. The third-order valence-corrected chi connectivity index (χ3v) is 2.43. The molecule has 0 unspecified atom stereocenters. The number of hydrogen-bond donors (Lipinski definition) is 1. The molecule has 0 atom stereocenters. The molecule has 0 saturated heterocycles. The second-order valence-corrected chi connectivity index (χ2v) is 4.10. The highest BCUT2D eigenvalue weighted by atomic mass is 16.5. The Hall–Kier alpha value is -1.22. The van der Waals surface area contributed by atoms with E-state index in [1.807, 2.05) is 38.1 Å². The summed E-state index contributed by atoms with van der Waals surface area (Å²) in [5, 5.41) is 0. The van der Waals surface area contributed by atoms with Gasteiger partial charge in [-0.1, -0.05) is 12.1 Å². The van der Waals surface area contributed by atoms with Gasteiger partial charge in [0.15, 0.2) is 0 Å². The summed E-state index contributed by atoms with van der Waals surface area (Å²) in [5.41, 5.74) is 6.27. The smallest absolute Gasteiger partial charge is 0.142 e. The van der Waals surface area contributed by atoms with Crippen LogP contribution in [0.25, 0.3) is 0 Å². The lowest BCUT2D eigenvalue weighted by molar-refractivity contribution is 0.00551. The number of methoxy groups -OCH3 is 1. The van der Waals surface area contributed by atoms with Gasteiger partial charge in [-0.05, 0) is 26.0 Å². The second-order valence-electron chi connectivity index (χ2n) is 4.10. The number of hydrogen-bond acceptors (Lipinski definition) is 3. The molecular weight excluding hydrogens is 190 g/mol. The lowest BCUT2D eigenvalue weighted by Crippen LogP contribution is -2.25. The summed E-state index contributed by atoms with van der Waals surface area (Å²) in [6.45, 7) is 4.67. The van der Waals surface area contributed by atoms with Crippen LogP contribution in [-0.4, -0.2) is 19.3 Å². The van der Waals surface area contributed by atoms with Crippen molar-refractivity contribution in [2.24, 2.45) is 0 Å². The summed E-state index contributed by atoms with van der Waals surface area (Å²) in [7, 11) is 1.71. The lowest BCUT2D eigenvalue weighted by Gasteiger charge is -2.22. The molecule has 0 fully saturated rings. The third kappa shape index (κ3) is 3.80. The molecule has 2 N–H and O–H groups in total. The van der Waals surface area contributed by atoms with E-state index in [2.05, 4.69) is 0 Å². The molecule has 3 nitrogen and oxygen atoms in total. The molecule has 0 aliphatic heterocycles. The van der Waals surface area contributed by atoms with Gasteiger partial charge in [-0.15, -0.1) is 0 Å². The molecule has 0 aromatic heterocycles. The summed E-state index contributed by atoms with van der Waals surface area (Å²) in [4.78, 5) is 0. The number of anilines is 1. The van der Waals surface area contributed by atoms with Crippen LogP contribution in [0, 0.1) is 0 Å². The maximum atomic E-state index is 5.75. The number of para-hydroxylation sites is 2. The van der Waals surface area contributed by atoms with Crippen LogP contribution in [-0.2, 0) is 4.74 Å². The number of nitrogen functional groups attached to an aromatic ring is 1. The van der Waals surface area contributed by atoms with E-state index in [4.69, 9.17) is 15.2 Å². The quantitative estimate of drug-likeness (QED) is 0.758. The highest BCUT2D eigenvalue weighted by molar-refractivity contribution is 5.51. The zero-order valence-electron chi connectivity index (χ0n) is 9.62. The van der Waals surface area contributed by atoms with Crippen molar-refractivity contribution in [3.05, 3.63) is 24.3 Å². The van der Waals surface area contributed by atoms with Gasteiger partial charge < -0.3 is 15.2 Å². The topological polar surface area (TPSA) is 44.5 Å². The summed E-state index contributed by atoms with van der Waals surface area (Å²) in [6, 6.07) is 7.50. The van der Waals surface area contributed by atoms with Crippen LogP contribution in [0.4, 0.5) is 5.69 Å². The number of rotatable bonds is 5. The summed E-state index contributed by atoms with van der Waals surface area (Å²) in [5.74, 6) is 0.740. The second kappa shape index (κ2) is 5.03. The summed E-state index contributed by atoms with van der Waals surface area (Å²) >= 11 is 0. The van der Waals surface area contributed by atoms with Crippen LogP contribution >= 0.6 is 0 Å². The van der Waals surface area contributed by atoms with Gasteiger partial charge in [0, 0.05) is 13.5 Å². The molecule has 0 saturated carbocycles. The lowest BCUT2D eigenvalue weighted by atomic mass is 10.1. The number of benzene rings is 1. The van der Waals surface area contributed by atoms with E-state index in [0.717, 1.165) is 12.2 Å². The first-order chi connectivity index (χ1) is 7.05. The van der Waals surface area contributed by atoms with Gasteiger partial charge in [0.05, 0.1) is 17.9 Å². The van der Waals surface area contributed by atoms with Gasteiger partial charge in [-0.2, -0.15) is 0 Å². The van der Waals surface area contributed by atoms with Crippen molar-refractivity contribution >= 4 is 5.69 Å². The van der Waals surface area contributed by atoms with Crippen LogP contribution in [0.15, 0.2) is 24.3 Å². The van der Waals surface area contributed by atoms with Crippen LogP contribution in [0.2, 0.25) is 0 Å². The van der Waals surface area contributed by atoms with Gasteiger partial charge in [0.1, 0.15) is 5.75 Å². The summed E-state index contributed by atoms with van der Waals surface area (Å²) < 4.78 is 10.9. The molecule has 0 radical (unpaired) electrons. The predicted octanol–water partition coefficient (Wildman–Crippen LogP) is 2.46. The molecule has 0 aliphatic rings. The molecule has 0 amide bonds. The Morgan fingerprint density at radius 1 is 1.27 bits per heavy atom. The van der Waals surface area contributed by atoms with Crippen molar-refractivity contribution in [3.63, 3.8) is 0 Å². The first-order valence-electron chi connectivity index (χ1n) is 5.07. The molecule has 1 aromatic rings. The molecule has 0 aliphatic carbocycles. The Kier molecular flexibility index (Phi) is 3.97. The van der Waals surface area contributed by atoms with Crippen molar-refractivity contribution < 1.29 is 9.47 Å². The molecule has 15 heavy (non-hydrogen) atoms. The fourth-order valence-electron chi connectivity index (χ4n) is 1.12. The van der Waals surface area contributed by atoms with Gasteiger partial charge >= 0.3 is 0 Å². The van der Waals surface area contributed by atoms with E-state index in [1.165, 1.54) is 0 Å². The highest BCUT2D eigenvalue weighted by Gasteiger charge is 2.16. The molecule has 84 valence electrons. The Morgan fingerprint density at radius 3 is 2.53 bits per heavy atom. The normalized spacial score (nSPS) is 11.4. The Morgan fingerprint density at radius 2 is 1.93 bits per heavy atom. The average molecular weight is 209 g/mol. The minimum Gasteiger partial charge on any atom is -0.491 e. The minimum atomic E-state index is -0.149. The summed E-state index contributed by atoms with van der Waals surface area (Å²) in [6.07, 6.45) is 0.831. The van der Waals surface area contributed by atoms with Crippen molar-refractivity contribution in [2.75, 3.05) is 19.5 Å². The first kappa shape index (κ1) is 11.9. The molecule has 3 heteroatoms. The Labute approximate surface area is 91.2 Å². The molecular formula is C12H19NO2. The Balaban J connectivity index is 2.42. The van der Waals surface area contributed by atoms with E-state index in [1.54, 1.807) is 7.11 Å². The molecule has 0 spiro atoms. The average Bonchev–Trinajstić information content (AvgIpc) is 2.21. The van der Waals surface area contributed by atoms with Crippen molar-refractivity contribution in [2.45, 2.75) is 25.9 Å². The van der Waals surface area contributed by atoms with Crippen LogP contribution in [0.1, 0.15) is 20.3 Å². The van der Waals surface area contributed by atoms with Crippen molar-refractivity contribution in [1.29, 1.82) is 0 Å². The molecule has 1 rings (SSSR count). The van der Waals surface area contributed by atoms with E-state index in [-0.39, 0.29) is 5.60 Å². The first-order valence-corrected chi connectivity index (χ1v) is 5.07. The highest BCUT2D eigenvalue weighted by Crippen LogP contribution is 2.21. The van der Waals surface area contributed by atoms with Crippen molar-refractivity contribution in [3.8, 4) is 5.75 Å². The van der Waals surface area contributed by atoms with Gasteiger partial charge in [0.25, 0.3) is 0 Å². The van der Waals surface area contributed by atoms with Gasteiger partial charge in [-0.25, -0.2) is 0 Å². The van der Waals surface area contributed by atoms with E-state index < -0.39 is 0 Å². The zero-order chi connectivity index (χ0) is 11.3. The number of nitrogens with two attached hydrogens (primary N) is 1. The number of ether oxygens (including phenoxy) is 2. The van der Waals surface area contributed by atoms with E-state index in [0.29, 0.717) is 12.3 Å². The maximum Gasteiger partial charge on any atom is 0.142 e. The third-order valence-electron chi connectivity index (χ3n) is 2.43. The minimum absolute atomic E-state index is 0.149. The molecule has 0 bridgehead atoms.